The molecule has 1 heterocycles. The maximum atomic E-state index is 3.92. The van der Waals surface area contributed by atoms with Crippen LogP contribution in [0.4, 0.5) is 5.00 Å². The summed E-state index contributed by atoms with van der Waals surface area (Å²) in [5.74, 6) is 4.09. The molecule has 1 aromatic heterocycles. The van der Waals surface area contributed by atoms with Crippen LogP contribution in [-0.2, 0) is 0 Å². The van der Waals surface area contributed by atoms with Crippen LogP contribution in [0.5, 0.6) is 0 Å². The molecule has 3 aliphatic carbocycles. The SMILES string of the molecule is c1nnsc1NC1CC2CC1C1CCCC21. The Bertz CT molecular complexity index is 378. The van der Waals surface area contributed by atoms with Crippen molar-refractivity contribution in [2.75, 3.05) is 5.32 Å². The maximum Gasteiger partial charge on any atom is 0.130 e. The van der Waals surface area contributed by atoms with E-state index in [1.165, 1.54) is 43.6 Å². The van der Waals surface area contributed by atoms with Crippen molar-refractivity contribution in [1.82, 2.24) is 9.59 Å². The predicted octanol–water partition coefficient (Wildman–Crippen LogP) is 2.77. The number of nitrogens with one attached hydrogen (secondary N) is 1. The molecule has 16 heavy (non-hydrogen) atoms. The minimum Gasteiger partial charge on any atom is -0.371 e. The summed E-state index contributed by atoms with van der Waals surface area (Å²) in [5, 5.41) is 8.72. The molecule has 0 saturated heterocycles. The normalized spacial score (nSPS) is 44.9. The first-order valence-corrected chi connectivity index (χ1v) is 7.23. The number of rotatable bonds is 2. The molecule has 1 N–H and O–H groups in total. The number of fused-ring (bicyclic) bond motifs is 5. The zero-order valence-corrected chi connectivity index (χ0v) is 10.1. The Morgan fingerprint density at radius 1 is 1.19 bits per heavy atom. The van der Waals surface area contributed by atoms with Crippen molar-refractivity contribution in [2.45, 2.75) is 38.1 Å². The highest BCUT2D eigenvalue weighted by Crippen LogP contribution is 2.59. The Labute approximate surface area is 99.8 Å². The fraction of sp³-hybridized carbons (Fsp3) is 0.833. The highest BCUT2D eigenvalue weighted by molar-refractivity contribution is 7.09. The summed E-state index contributed by atoms with van der Waals surface area (Å²) in [6, 6.07) is 0.714. The Balaban J connectivity index is 1.52. The maximum absolute atomic E-state index is 3.92. The van der Waals surface area contributed by atoms with Crippen LogP contribution in [0.25, 0.3) is 0 Å². The molecule has 0 amide bonds. The molecule has 4 rings (SSSR count). The molecule has 5 unspecified atom stereocenters. The van der Waals surface area contributed by atoms with Crippen LogP contribution in [0.1, 0.15) is 32.1 Å². The van der Waals surface area contributed by atoms with Gasteiger partial charge in [-0.05, 0) is 49.4 Å². The summed E-state index contributed by atoms with van der Waals surface area (Å²) in [4.78, 5) is 0. The van der Waals surface area contributed by atoms with Crippen molar-refractivity contribution in [3.8, 4) is 0 Å². The van der Waals surface area contributed by atoms with E-state index in [9.17, 15) is 0 Å². The van der Waals surface area contributed by atoms with Gasteiger partial charge in [0.1, 0.15) is 5.00 Å². The minimum atomic E-state index is 0.714. The molecule has 4 heteroatoms. The lowest BCUT2D eigenvalue weighted by Gasteiger charge is -2.32. The lowest BCUT2D eigenvalue weighted by molar-refractivity contribution is 0.243. The second kappa shape index (κ2) is 3.42. The van der Waals surface area contributed by atoms with Crippen LogP contribution >= 0.6 is 11.5 Å². The average Bonchev–Trinajstić information content (AvgIpc) is 2.99. The van der Waals surface area contributed by atoms with Gasteiger partial charge >= 0.3 is 0 Å². The third-order valence-electron chi connectivity index (χ3n) is 5.12. The van der Waals surface area contributed by atoms with Gasteiger partial charge in [0.15, 0.2) is 0 Å². The lowest BCUT2D eigenvalue weighted by atomic mass is 9.79. The van der Waals surface area contributed by atoms with Crippen LogP contribution in [0.2, 0.25) is 0 Å². The minimum absolute atomic E-state index is 0.714. The van der Waals surface area contributed by atoms with Crippen molar-refractivity contribution >= 4 is 16.5 Å². The molecule has 5 atom stereocenters. The number of nitrogens with zero attached hydrogens (tertiary/aromatic N) is 2. The summed E-state index contributed by atoms with van der Waals surface area (Å²) in [5.41, 5.74) is 0. The fourth-order valence-electron chi connectivity index (χ4n) is 4.65. The molecule has 0 aliphatic heterocycles. The molecule has 3 fully saturated rings. The molecule has 0 spiro atoms. The molecule has 3 nitrogen and oxygen atoms in total. The summed E-state index contributed by atoms with van der Waals surface area (Å²) in [6.45, 7) is 0. The van der Waals surface area contributed by atoms with E-state index in [-0.39, 0.29) is 0 Å². The molecular weight excluding hydrogens is 218 g/mol. The van der Waals surface area contributed by atoms with Crippen LogP contribution in [-0.4, -0.2) is 15.6 Å². The van der Waals surface area contributed by atoms with Crippen molar-refractivity contribution in [3.63, 3.8) is 0 Å². The van der Waals surface area contributed by atoms with Crippen LogP contribution in [0.15, 0.2) is 6.20 Å². The van der Waals surface area contributed by atoms with Gasteiger partial charge < -0.3 is 5.32 Å². The summed E-state index contributed by atoms with van der Waals surface area (Å²) in [6.07, 6.45) is 9.23. The number of hydrogen-bond donors (Lipinski definition) is 1. The van der Waals surface area contributed by atoms with E-state index in [0.717, 1.165) is 28.7 Å². The number of hydrogen-bond acceptors (Lipinski definition) is 4. The summed E-state index contributed by atoms with van der Waals surface area (Å²) in [7, 11) is 0. The van der Waals surface area contributed by atoms with Gasteiger partial charge in [-0.25, -0.2) is 0 Å². The zero-order chi connectivity index (χ0) is 10.5. The van der Waals surface area contributed by atoms with E-state index in [1.807, 2.05) is 6.20 Å². The number of aromatic nitrogens is 2. The largest absolute Gasteiger partial charge is 0.371 e. The van der Waals surface area contributed by atoms with E-state index >= 15 is 0 Å². The van der Waals surface area contributed by atoms with E-state index in [1.54, 1.807) is 0 Å². The summed E-state index contributed by atoms with van der Waals surface area (Å²) < 4.78 is 3.92. The van der Waals surface area contributed by atoms with Crippen molar-refractivity contribution < 1.29 is 0 Å². The Kier molecular flexibility index (Phi) is 2.01. The van der Waals surface area contributed by atoms with Crippen molar-refractivity contribution in [2.24, 2.45) is 23.7 Å². The van der Waals surface area contributed by atoms with Crippen molar-refractivity contribution in [1.29, 1.82) is 0 Å². The van der Waals surface area contributed by atoms with Crippen molar-refractivity contribution in [3.05, 3.63) is 6.20 Å². The smallest absolute Gasteiger partial charge is 0.130 e. The Morgan fingerprint density at radius 2 is 2.12 bits per heavy atom. The first-order chi connectivity index (χ1) is 7.92. The lowest BCUT2D eigenvalue weighted by Crippen LogP contribution is -2.33. The highest BCUT2D eigenvalue weighted by Gasteiger charge is 2.53. The third-order valence-corrected chi connectivity index (χ3v) is 5.71. The monoisotopic (exact) mass is 235 g/mol. The predicted molar refractivity (Wildman–Crippen MR) is 64.4 cm³/mol. The molecule has 86 valence electrons. The van der Waals surface area contributed by atoms with E-state index in [0.29, 0.717) is 6.04 Å². The van der Waals surface area contributed by atoms with Gasteiger partial charge in [0.2, 0.25) is 0 Å². The molecule has 0 radical (unpaired) electrons. The van der Waals surface area contributed by atoms with Crippen LogP contribution < -0.4 is 5.32 Å². The van der Waals surface area contributed by atoms with Gasteiger partial charge in [-0.1, -0.05) is 10.9 Å². The van der Waals surface area contributed by atoms with Gasteiger partial charge in [0, 0.05) is 17.6 Å². The first-order valence-electron chi connectivity index (χ1n) is 6.46. The third kappa shape index (κ3) is 1.25. The zero-order valence-electron chi connectivity index (χ0n) is 9.30. The first kappa shape index (κ1) is 9.40. The Hall–Kier alpha value is -0.640. The van der Waals surface area contributed by atoms with Crippen LogP contribution in [0, 0.1) is 23.7 Å². The van der Waals surface area contributed by atoms with Gasteiger partial charge in [0.05, 0.1) is 6.20 Å². The molecule has 0 aromatic carbocycles. The number of anilines is 1. The topological polar surface area (TPSA) is 37.8 Å². The van der Waals surface area contributed by atoms with Gasteiger partial charge in [0.25, 0.3) is 0 Å². The molecule has 2 bridgehead atoms. The highest BCUT2D eigenvalue weighted by atomic mass is 32.1. The molecular formula is C12H17N3S. The Morgan fingerprint density at radius 3 is 3.00 bits per heavy atom. The summed E-state index contributed by atoms with van der Waals surface area (Å²) >= 11 is 1.49. The van der Waals surface area contributed by atoms with E-state index in [2.05, 4.69) is 14.9 Å². The molecule has 3 aliphatic rings. The van der Waals surface area contributed by atoms with E-state index < -0.39 is 0 Å². The van der Waals surface area contributed by atoms with Gasteiger partial charge in [-0.15, -0.1) is 5.10 Å². The molecule has 1 aromatic rings. The second-order valence-corrected chi connectivity index (χ2v) is 6.47. The van der Waals surface area contributed by atoms with E-state index in [4.69, 9.17) is 0 Å². The van der Waals surface area contributed by atoms with Gasteiger partial charge in [-0.2, -0.15) is 0 Å². The van der Waals surface area contributed by atoms with Gasteiger partial charge in [-0.3, -0.25) is 0 Å². The average molecular weight is 235 g/mol. The molecule has 3 saturated carbocycles. The second-order valence-electron chi connectivity index (χ2n) is 5.69. The fourth-order valence-corrected chi connectivity index (χ4v) is 5.13. The van der Waals surface area contributed by atoms with Crippen LogP contribution in [0.3, 0.4) is 0 Å². The quantitative estimate of drug-likeness (QED) is 0.856. The standard InChI is InChI=1S/C12H17N3S/c1-2-8-7-4-10(9(8)3-1)11(5-7)14-12-6-13-15-16-12/h6-11,14H,1-5H2.